The summed E-state index contributed by atoms with van der Waals surface area (Å²) in [5.41, 5.74) is 6.86. The molecule has 0 radical (unpaired) electrons. The molecule has 1 aliphatic rings. The smallest absolute Gasteiger partial charge is 0.335 e. The molecule has 1 aromatic rings. The van der Waals surface area contributed by atoms with Gasteiger partial charge < -0.3 is 21.1 Å². The van der Waals surface area contributed by atoms with E-state index in [-0.39, 0.29) is 11.5 Å². The summed E-state index contributed by atoms with van der Waals surface area (Å²) in [7, 11) is 1.63. The van der Waals surface area contributed by atoms with Gasteiger partial charge in [0.05, 0.1) is 22.4 Å². The molecule has 6 nitrogen and oxygen atoms in total. The average molecular weight is 277 g/mol. The molecule has 0 saturated carbocycles. The zero-order valence-corrected chi connectivity index (χ0v) is 11.6. The Morgan fingerprint density at radius 2 is 2.15 bits per heavy atom. The molecular formula is C14H19N3O3. The van der Waals surface area contributed by atoms with Crippen LogP contribution in [-0.4, -0.2) is 37.1 Å². The number of carbonyl (C=O) groups excluding carboxylic acids is 1. The van der Waals surface area contributed by atoms with Crippen LogP contribution in [0.2, 0.25) is 0 Å². The molecule has 1 unspecified atom stereocenters. The monoisotopic (exact) mass is 277 g/mol. The summed E-state index contributed by atoms with van der Waals surface area (Å²) in [6, 6.07) is 4.69. The highest BCUT2D eigenvalue weighted by molar-refractivity contribution is 5.91. The van der Waals surface area contributed by atoms with Gasteiger partial charge in [0.1, 0.15) is 0 Å². The first kappa shape index (κ1) is 14.2. The van der Waals surface area contributed by atoms with E-state index in [9.17, 15) is 9.59 Å². The summed E-state index contributed by atoms with van der Waals surface area (Å²) in [5, 5.41) is 11.6. The van der Waals surface area contributed by atoms with Crippen molar-refractivity contribution >= 4 is 23.3 Å². The summed E-state index contributed by atoms with van der Waals surface area (Å²) >= 11 is 0. The maximum Gasteiger partial charge on any atom is 0.335 e. The SMILES string of the molecule is CNC(=O)C1(C)CCN(c2ccc(C(=O)O)cc2N)C1. The Balaban J connectivity index is 2.22. The van der Waals surface area contributed by atoms with Crippen LogP contribution in [0.25, 0.3) is 0 Å². The number of nitrogens with zero attached hydrogens (tertiary/aromatic N) is 1. The Labute approximate surface area is 117 Å². The van der Waals surface area contributed by atoms with Crippen LogP contribution in [0.3, 0.4) is 0 Å². The van der Waals surface area contributed by atoms with Crippen LogP contribution in [0.4, 0.5) is 11.4 Å². The maximum absolute atomic E-state index is 11.9. The highest BCUT2D eigenvalue weighted by Gasteiger charge is 2.40. The fourth-order valence-electron chi connectivity index (χ4n) is 2.63. The van der Waals surface area contributed by atoms with Gasteiger partial charge in [0.25, 0.3) is 0 Å². The molecule has 0 spiro atoms. The highest BCUT2D eigenvalue weighted by Crippen LogP contribution is 2.36. The van der Waals surface area contributed by atoms with Gasteiger partial charge in [-0.1, -0.05) is 0 Å². The lowest BCUT2D eigenvalue weighted by Gasteiger charge is -2.24. The topological polar surface area (TPSA) is 95.7 Å². The Hall–Kier alpha value is -2.24. The molecule has 1 heterocycles. The zero-order chi connectivity index (χ0) is 14.9. The number of nitrogens with one attached hydrogen (secondary N) is 1. The predicted molar refractivity (Wildman–Crippen MR) is 76.8 cm³/mol. The summed E-state index contributed by atoms with van der Waals surface area (Å²) in [5.74, 6) is -0.986. The van der Waals surface area contributed by atoms with Crippen LogP contribution in [0.1, 0.15) is 23.7 Å². The molecule has 1 aromatic carbocycles. The number of hydrogen-bond donors (Lipinski definition) is 3. The Kier molecular flexibility index (Phi) is 3.57. The van der Waals surface area contributed by atoms with Gasteiger partial charge in [0.15, 0.2) is 0 Å². The molecule has 4 N–H and O–H groups in total. The van der Waals surface area contributed by atoms with E-state index in [0.29, 0.717) is 12.2 Å². The Morgan fingerprint density at radius 1 is 1.45 bits per heavy atom. The number of carboxylic acid groups (broad SMARTS) is 1. The van der Waals surface area contributed by atoms with Crippen LogP contribution in [0, 0.1) is 5.41 Å². The maximum atomic E-state index is 11.9. The fraction of sp³-hybridized carbons (Fsp3) is 0.429. The van der Waals surface area contributed by atoms with Gasteiger partial charge in [0.2, 0.25) is 5.91 Å². The minimum Gasteiger partial charge on any atom is -0.478 e. The second-order valence-electron chi connectivity index (χ2n) is 5.39. The van der Waals surface area contributed by atoms with Crippen molar-refractivity contribution in [3.05, 3.63) is 23.8 Å². The first-order valence-electron chi connectivity index (χ1n) is 6.47. The fourth-order valence-corrected chi connectivity index (χ4v) is 2.63. The molecule has 1 amide bonds. The molecular weight excluding hydrogens is 258 g/mol. The van der Waals surface area contributed by atoms with Crippen molar-refractivity contribution in [2.24, 2.45) is 5.41 Å². The number of aromatic carboxylic acids is 1. The molecule has 108 valence electrons. The zero-order valence-electron chi connectivity index (χ0n) is 11.6. The van der Waals surface area contributed by atoms with Gasteiger partial charge in [0, 0.05) is 20.1 Å². The number of hydrogen-bond acceptors (Lipinski definition) is 4. The quantitative estimate of drug-likeness (QED) is 0.714. The lowest BCUT2D eigenvalue weighted by molar-refractivity contribution is -0.128. The lowest BCUT2D eigenvalue weighted by Crippen LogP contribution is -2.39. The summed E-state index contributed by atoms with van der Waals surface area (Å²) in [6.07, 6.45) is 0.743. The number of nitrogens with two attached hydrogens (primary N) is 1. The van der Waals surface area contributed by atoms with Crippen molar-refractivity contribution in [1.82, 2.24) is 5.32 Å². The van der Waals surface area contributed by atoms with Crippen LogP contribution >= 0.6 is 0 Å². The van der Waals surface area contributed by atoms with E-state index in [1.165, 1.54) is 12.1 Å². The lowest BCUT2D eigenvalue weighted by atomic mass is 9.89. The third-order valence-corrected chi connectivity index (χ3v) is 3.86. The number of nitrogen functional groups attached to an aromatic ring is 1. The van der Waals surface area contributed by atoms with E-state index in [0.717, 1.165) is 18.7 Å². The molecule has 1 aliphatic heterocycles. The Morgan fingerprint density at radius 3 is 2.70 bits per heavy atom. The molecule has 0 aromatic heterocycles. The van der Waals surface area contributed by atoms with Gasteiger partial charge in [-0.25, -0.2) is 4.79 Å². The van der Waals surface area contributed by atoms with Gasteiger partial charge in [-0.3, -0.25) is 4.79 Å². The van der Waals surface area contributed by atoms with E-state index in [1.807, 2.05) is 11.8 Å². The summed E-state index contributed by atoms with van der Waals surface area (Å²) < 4.78 is 0. The third-order valence-electron chi connectivity index (χ3n) is 3.86. The minimum atomic E-state index is -1.00. The van der Waals surface area contributed by atoms with Gasteiger partial charge in [-0.2, -0.15) is 0 Å². The minimum absolute atomic E-state index is 0.0146. The number of rotatable bonds is 3. The third kappa shape index (κ3) is 2.41. The van der Waals surface area contributed by atoms with Crippen LogP contribution in [-0.2, 0) is 4.79 Å². The van der Waals surface area contributed by atoms with E-state index in [1.54, 1.807) is 13.1 Å². The molecule has 1 atom stereocenters. The van der Waals surface area contributed by atoms with E-state index in [4.69, 9.17) is 10.8 Å². The highest BCUT2D eigenvalue weighted by atomic mass is 16.4. The van der Waals surface area contributed by atoms with Gasteiger partial charge >= 0.3 is 5.97 Å². The first-order chi connectivity index (χ1) is 9.37. The van der Waals surface area contributed by atoms with Crippen LogP contribution in [0.5, 0.6) is 0 Å². The normalized spacial score (nSPS) is 21.8. The van der Waals surface area contributed by atoms with Crippen LogP contribution < -0.4 is 16.0 Å². The number of benzene rings is 1. The summed E-state index contributed by atoms with van der Waals surface area (Å²) in [6.45, 7) is 3.22. The predicted octanol–water partition coefficient (Wildman–Crippen LogP) is 0.929. The standard InChI is InChI=1S/C14H19N3O3/c1-14(13(20)16-2)5-6-17(8-14)11-4-3-9(12(18)19)7-10(11)15/h3-4,7H,5-6,8,15H2,1-2H3,(H,16,20)(H,18,19). The largest absolute Gasteiger partial charge is 0.478 e. The first-order valence-corrected chi connectivity index (χ1v) is 6.47. The number of carbonyl (C=O) groups is 2. The van der Waals surface area contributed by atoms with Crippen molar-refractivity contribution in [3.63, 3.8) is 0 Å². The van der Waals surface area contributed by atoms with Crippen LogP contribution in [0.15, 0.2) is 18.2 Å². The number of anilines is 2. The molecule has 1 fully saturated rings. The molecule has 20 heavy (non-hydrogen) atoms. The van der Waals surface area contributed by atoms with Crippen molar-refractivity contribution in [3.8, 4) is 0 Å². The molecule has 0 aliphatic carbocycles. The van der Waals surface area contributed by atoms with Crippen molar-refractivity contribution < 1.29 is 14.7 Å². The average Bonchev–Trinajstić information content (AvgIpc) is 2.81. The number of carboxylic acids is 1. The Bertz CT molecular complexity index is 559. The number of amides is 1. The second-order valence-corrected chi connectivity index (χ2v) is 5.39. The molecule has 1 saturated heterocycles. The van der Waals surface area contributed by atoms with Crippen molar-refractivity contribution in [2.45, 2.75) is 13.3 Å². The van der Waals surface area contributed by atoms with E-state index < -0.39 is 11.4 Å². The van der Waals surface area contributed by atoms with E-state index in [2.05, 4.69) is 5.32 Å². The van der Waals surface area contributed by atoms with Gasteiger partial charge in [-0.05, 0) is 31.5 Å². The summed E-state index contributed by atoms with van der Waals surface area (Å²) in [4.78, 5) is 24.8. The van der Waals surface area contributed by atoms with E-state index >= 15 is 0 Å². The van der Waals surface area contributed by atoms with Crippen molar-refractivity contribution in [2.75, 3.05) is 30.8 Å². The van der Waals surface area contributed by atoms with Crippen molar-refractivity contribution in [1.29, 1.82) is 0 Å². The molecule has 2 rings (SSSR count). The molecule has 6 heteroatoms. The molecule has 0 bridgehead atoms. The van der Waals surface area contributed by atoms with Gasteiger partial charge in [-0.15, -0.1) is 0 Å². The second kappa shape index (κ2) is 5.03.